The number of hydrogen-bond donors (Lipinski definition) is 0. The van der Waals surface area contributed by atoms with Crippen molar-refractivity contribution in [2.75, 3.05) is 0 Å². The molecule has 0 unspecified atom stereocenters. The third kappa shape index (κ3) is 4.22. The number of hydrogen-bond acceptors (Lipinski definition) is 2. The molecule has 1 aromatic carbocycles. The topological polar surface area (TPSA) is 26.3 Å². The number of esters is 1. The predicted molar refractivity (Wildman–Crippen MR) is 70.1 cm³/mol. The summed E-state index contributed by atoms with van der Waals surface area (Å²) in [6.07, 6.45) is 0.924. The maximum absolute atomic E-state index is 11.8. The first-order valence-corrected chi connectivity index (χ1v) is 6.11. The second kappa shape index (κ2) is 5.35. The Morgan fingerprint density at radius 3 is 2.35 bits per heavy atom. The zero-order chi connectivity index (χ0) is 13.1. The Balaban J connectivity index is 2.87. The van der Waals surface area contributed by atoms with E-state index in [9.17, 15) is 4.79 Å². The summed E-state index contributed by atoms with van der Waals surface area (Å²) in [4.78, 5) is 11.8. The number of carbonyl (C=O) groups excluding carboxylic acids is 1. The number of benzene rings is 1. The van der Waals surface area contributed by atoms with Gasteiger partial charge in [0.1, 0.15) is 5.75 Å². The Kier molecular flexibility index (Phi) is 4.33. The predicted octanol–water partition coefficient (Wildman–Crippen LogP) is 3.84. The van der Waals surface area contributed by atoms with Crippen LogP contribution in [0.15, 0.2) is 24.3 Å². The van der Waals surface area contributed by atoms with E-state index in [1.165, 1.54) is 0 Å². The standard InChI is InChI=1S/C15H22O2/c1-11(2)10-12-8-6-7-9-13(12)17-14(16)15(3,4)5/h6-9,11H,10H2,1-5H3. The van der Waals surface area contributed by atoms with Crippen LogP contribution in [0.25, 0.3) is 0 Å². The first-order valence-electron chi connectivity index (χ1n) is 6.11. The van der Waals surface area contributed by atoms with Crippen molar-refractivity contribution in [1.29, 1.82) is 0 Å². The molecule has 1 rings (SSSR count). The van der Waals surface area contributed by atoms with Gasteiger partial charge in [0.2, 0.25) is 0 Å². The highest BCUT2D eigenvalue weighted by Crippen LogP contribution is 2.24. The average molecular weight is 234 g/mol. The number of rotatable bonds is 3. The number of ether oxygens (including phenoxy) is 1. The molecule has 94 valence electrons. The molecule has 0 radical (unpaired) electrons. The lowest BCUT2D eigenvalue weighted by molar-refractivity contribution is -0.143. The van der Waals surface area contributed by atoms with Gasteiger partial charge in [0.15, 0.2) is 0 Å². The van der Waals surface area contributed by atoms with Crippen molar-refractivity contribution in [3.63, 3.8) is 0 Å². The van der Waals surface area contributed by atoms with Crippen molar-refractivity contribution in [2.45, 2.75) is 41.0 Å². The summed E-state index contributed by atoms with van der Waals surface area (Å²) in [5.41, 5.74) is 0.630. The van der Waals surface area contributed by atoms with Crippen LogP contribution in [-0.2, 0) is 11.2 Å². The summed E-state index contributed by atoms with van der Waals surface area (Å²) in [5.74, 6) is 1.05. The normalized spacial score (nSPS) is 11.6. The van der Waals surface area contributed by atoms with Gasteiger partial charge < -0.3 is 4.74 Å². The SMILES string of the molecule is CC(C)Cc1ccccc1OC(=O)C(C)(C)C. The highest BCUT2D eigenvalue weighted by Gasteiger charge is 2.24. The number of para-hydroxylation sites is 1. The largest absolute Gasteiger partial charge is 0.426 e. The molecule has 0 aliphatic carbocycles. The van der Waals surface area contributed by atoms with Gasteiger partial charge in [0, 0.05) is 0 Å². The fourth-order valence-electron chi connectivity index (χ4n) is 1.46. The zero-order valence-electron chi connectivity index (χ0n) is 11.4. The van der Waals surface area contributed by atoms with Crippen LogP contribution in [0.2, 0.25) is 0 Å². The fraction of sp³-hybridized carbons (Fsp3) is 0.533. The Hall–Kier alpha value is -1.31. The van der Waals surface area contributed by atoms with E-state index in [0.29, 0.717) is 11.7 Å². The highest BCUT2D eigenvalue weighted by molar-refractivity contribution is 5.78. The fourth-order valence-corrected chi connectivity index (χ4v) is 1.46. The van der Waals surface area contributed by atoms with E-state index in [1.807, 2.05) is 45.0 Å². The van der Waals surface area contributed by atoms with E-state index in [0.717, 1.165) is 12.0 Å². The molecular formula is C15H22O2. The maximum atomic E-state index is 11.8. The monoisotopic (exact) mass is 234 g/mol. The van der Waals surface area contributed by atoms with E-state index >= 15 is 0 Å². The van der Waals surface area contributed by atoms with Gasteiger partial charge in [0.25, 0.3) is 0 Å². The summed E-state index contributed by atoms with van der Waals surface area (Å²) in [5, 5.41) is 0. The zero-order valence-corrected chi connectivity index (χ0v) is 11.4. The highest BCUT2D eigenvalue weighted by atomic mass is 16.5. The van der Waals surface area contributed by atoms with Gasteiger partial charge in [-0.15, -0.1) is 0 Å². The summed E-state index contributed by atoms with van der Waals surface area (Å²) >= 11 is 0. The molecule has 0 fully saturated rings. The van der Waals surface area contributed by atoms with Crippen LogP contribution in [0.3, 0.4) is 0 Å². The van der Waals surface area contributed by atoms with Gasteiger partial charge in [0.05, 0.1) is 5.41 Å². The smallest absolute Gasteiger partial charge is 0.316 e. The lowest BCUT2D eigenvalue weighted by Gasteiger charge is -2.18. The van der Waals surface area contributed by atoms with Crippen molar-refractivity contribution in [3.05, 3.63) is 29.8 Å². The summed E-state index contributed by atoms with van der Waals surface area (Å²) in [7, 11) is 0. The Morgan fingerprint density at radius 2 is 1.82 bits per heavy atom. The van der Waals surface area contributed by atoms with Crippen LogP contribution in [0.5, 0.6) is 5.75 Å². The van der Waals surface area contributed by atoms with Crippen LogP contribution in [-0.4, -0.2) is 5.97 Å². The minimum absolute atomic E-state index is 0.186. The van der Waals surface area contributed by atoms with E-state index in [-0.39, 0.29) is 5.97 Å². The van der Waals surface area contributed by atoms with Gasteiger partial charge in [-0.3, -0.25) is 4.79 Å². The summed E-state index contributed by atoms with van der Waals surface area (Å²) < 4.78 is 5.47. The third-order valence-electron chi connectivity index (χ3n) is 2.42. The molecule has 0 aromatic heterocycles. The van der Waals surface area contributed by atoms with Crippen LogP contribution >= 0.6 is 0 Å². The van der Waals surface area contributed by atoms with E-state index in [2.05, 4.69) is 13.8 Å². The molecule has 0 saturated heterocycles. The molecule has 0 spiro atoms. The summed E-state index contributed by atoms with van der Waals surface area (Å²) in [6.45, 7) is 9.89. The first-order chi connectivity index (χ1) is 7.80. The van der Waals surface area contributed by atoms with Crippen LogP contribution in [0.4, 0.5) is 0 Å². The van der Waals surface area contributed by atoms with Crippen molar-refractivity contribution in [1.82, 2.24) is 0 Å². The Morgan fingerprint density at radius 1 is 1.24 bits per heavy atom. The minimum Gasteiger partial charge on any atom is -0.426 e. The third-order valence-corrected chi connectivity index (χ3v) is 2.42. The molecule has 17 heavy (non-hydrogen) atoms. The second-order valence-corrected chi connectivity index (χ2v) is 5.85. The molecular weight excluding hydrogens is 212 g/mol. The molecule has 0 saturated carbocycles. The van der Waals surface area contributed by atoms with Gasteiger partial charge in [-0.05, 0) is 44.7 Å². The summed E-state index contributed by atoms with van der Waals surface area (Å²) in [6, 6.07) is 7.76. The van der Waals surface area contributed by atoms with Gasteiger partial charge in [-0.2, -0.15) is 0 Å². The second-order valence-electron chi connectivity index (χ2n) is 5.85. The van der Waals surface area contributed by atoms with Gasteiger partial charge >= 0.3 is 5.97 Å². The molecule has 0 N–H and O–H groups in total. The molecule has 2 nitrogen and oxygen atoms in total. The molecule has 1 aromatic rings. The number of carbonyl (C=O) groups is 1. The van der Waals surface area contributed by atoms with Crippen molar-refractivity contribution in [2.24, 2.45) is 11.3 Å². The maximum Gasteiger partial charge on any atom is 0.316 e. The van der Waals surface area contributed by atoms with Gasteiger partial charge in [-0.25, -0.2) is 0 Å². The lowest BCUT2D eigenvalue weighted by atomic mass is 9.97. The van der Waals surface area contributed by atoms with Gasteiger partial charge in [-0.1, -0.05) is 32.0 Å². The van der Waals surface area contributed by atoms with Crippen molar-refractivity contribution >= 4 is 5.97 Å². The van der Waals surface area contributed by atoms with Crippen LogP contribution in [0.1, 0.15) is 40.2 Å². The lowest BCUT2D eigenvalue weighted by Crippen LogP contribution is -2.26. The minimum atomic E-state index is -0.467. The van der Waals surface area contributed by atoms with Crippen LogP contribution < -0.4 is 4.74 Å². The molecule has 0 atom stereocenters. The van der Waals surface area contributed by atoms with E-state index in [1.54, 1.807) is 0 Å². The quantitative estimate of drug-likeness (QED) is 0.586. The van der Waals surface area contributed by atoms with Crippen molar-refractivity contribution < 1.29 is 9.53 Å². The van der Waals surface area contributed by atoms with Crippen molar-refractivity contribution in [3.8, 4) is 5.75 Å². The molecule has 0 heterocycles. The van der Waals surface area contributed by atoms with E-state index in [4.69, 9.17) is 4.74 Å². The first kappa shape index (κ1) is 13.8. The molecule has 0 aliphatic rings. The molecule has 0 amide bonds. The van der Waals surface area contributed by atoms with E-state index < -0.39 is 5.41 Å². The molecule has 0 aliphatic heterocycles. The van der Waals surface area contributed by atoms with Crippen LogP contribution in [0, 0.1) is 11.3 Å². The Labute approximate surface area is 104 Å². The average Bonchev–Trinajstić information content (AvgIpc) is 2.18. The Bertz CT molecular complexity index is 386. The molecule has 0 bridgehead atoms. The molecule has 2 heteroatoms.